The van der Waals surface area contributed by atoms with Crippen molar-refractivity contribution in [2.75, 3.05) is 18.0 Å². The second kappa shape index (κ2) is 6.52. The van der Waals surface area contributed by atoms with Crippen molar-refractivity contribution in [2.24, 2.45) is 0 Å². The fourth-order valence-electron chi connectivity index (χ4n) is 3.86. The molecular formula is C21H24N2O2. The molecule has 2 heterocycles. The second-order valence-corrected chi connectivity index (χ2v) is 7.14. The largest absolute Gasteiger partial charge is 0.372 e. The quantitative estimate of drug-likeness (QED) is 0.842. The summed E-state index contributed by atoms with van der Waals surface area (Å²) in [6, 6.07) is 16.6. The van der Waals surface area contributed by atoms with Gasteiger partial charge in [0.25, 0.3) is 5.91 Å². The molecule has 4 nitrogen and oxygen atoms in total. The van der Waals surface area contributed by atoms with Gasteiger partial charge in [0.05, 0.1) is 12.2 Å². The van der Waals surface area contributed by atoms with E-state index in [0.717, 1.165) is 24.3 Å². The minimum atomic E-state index is 0.0927. The number of ether oxygens (including phenoxy) is 1. The van der Waals surface area contributed by atoms with E-state index in [1.54, 1.807) is 0 Å². The SMILES string of the molecule is CC1CN(C(=O)c2ccc(N3Cc4ccccc4C3)cc2)CC(C)O1. The molecule has 0 bridgehead atoms. The molecule has 4 rings (SSSR count). The lowest BCUT2D eigenvalue weighted by Crippen LogP contribution is -2.48. The average Bonchev–Trinajstić information content (AvgIpc) is 3.04. The molecular weight excluding hydrogens is 312 g/mol. The number of carbonyl (C=O) groups is 1. The van der Waals surface area contributed by atoms with Crippen LogP contribution in [0.1, 0.15) is 35.3 Å². The van der Waals surface area contributed by atoms with Gasteiger partial charge in [0.2, 0.25) is 0 Å². The van der Waals surface area contributed by atoms with Gasteiger partial charge < -0.3 is 14.5 Å². The van der Waals surface area contributed by atoms with Gasteiger partial charge in [0.1, 0.15) is 0 Å². The highest BCUT2D eigenvalue weighted by Crippen LogP contribution is 2.28. The molecule has 4 heteroatoms. The van der Waals surface area contributed by atoms with Crippen LogP contribution in [0.15, 0.2) is 48.5 Å². The number of hydrogen-bond donors (Lipinski definition) is 0. The van der Waals surface area contributed by atoms with Crippen LogP contribution in [0.2, 0.25) is 0 Å². The van der Waals surface area contributed by atoms with Crippen molar-refractivity contribution < 1.29 is 9.53 Å². The third-order valence-corrected chi connectivity index (χ3v) is 5.03. The van der Waals surface area contributed by atoms with E-state index in [-0.39, 0.29) is 18.1 Å². The van der Waals surface area contributed by atoms with Crippen LogP contribution in [0.3, 0.4) is 0 Å². The molecule has 0 spiro atoms. The van der Waals surface area contributed by atoms with E-state index in [0.29, 0.717) is 13.1 Å². The van der Waals surface area contributed by atoms with E-state index >= 15 is 0 Å². The average molecular weight is 336 g/mol. The first kappa shape index (κ1) is 16.2. The molecule has 2 aliphatic heterocycles. The molecule has 0 aromatic heterocycles. The van der Waals surface area contributed by atoms with Crippen molar-refractivity contribution in [3.05, 3.63) is 65.2 Å². The first-order valence-electron chi connectivity index (χ1n) is 8.96. The number of fused-ring (bicyclic) bond motifs is 1. The summed E-state index contributed by atoms with van der Waals surface area (Å²) in [5, 5.41) is 0. The van der Waals surface area contributed by atoms with Crippen molar-refractivity contribution in [3.8, 4) is 0 Å². The molecule has 25 heavy (non-hydrogen) atoms. The van der Waals surface area contributed by atoms with Gasteiger partial charge in [-0.1, -0.05) is 24.3 Å². The van der Waals surface area contributed by atoms with E-state index < -0.39 is 0 Å². The minimum Gasteiger partial charge on any atom is -0.372 e. The van der Waals surface area contributed by atoms with Gasteiger partial charge in [-0.3, -0.25) is 4.79 Å². The van der Waals surface area contributed by atoms with Crippen molar-refractivity contribution in [1.29, 1.82) is 0 Å². The van der Waals surface area contributed by atoms with Gasteiger partial charge >= 0.3 is 0 Å². The number of anilines is 1. The minimum absolute atomic E-state index is 0.0927. The van der Waals surface area contributed by atoms with E-state index in [2.05, 4.69) is 41.3 Å². The highest BCUT2D eigenvalue weighted by Gasteiger charge is 2.26. The summed E-state index contributed by atoms with van der Waals surface area (Å²) in [5.41, 5.74) is 4.69. The van der Waals surface area contributed by atoms with Crippen molar-refractivity contribution in [3.63, 3.8) is 0 Å². The fourth-order valence-corrected chi connectivity index (χ4v) is 3.86. The maximum absolute atomic E-state index is 12.8. The van der Waals surface area contributed by atoms with Crippen LogP contribution in [0, 0.1) is 0 Å². The summed E-state index contributed by atoms with van der Waals surface area (Å²) in [4.78, 5) is 17.0. The topological polar surface area (TPSA) is 32.8 Å². The molecule has 0 saturated carbocycles. The van der Waals surface area contributed by atoms with Crippen LogP contribution >= 0.6 is 0 Å². The zero-order valence-electron chi connectivity index (χ0n) is 14.8. The van der Waals surface area contributed by atoms with Gasteiger partial charge in [0.15, 0.2) is 0 Å². The summed E-state index contributed by atoms with van der Waals surface area (Å²) < 4.78 is 5.72. The smallest absolute Gasteiger partial charge is 0.254 e. The van der Waals surface area contributed by atoms with Crippen LogP contribution in [0.5, 0.6) is 0 Å². The number of benzene rings is 2. The number of hydrogen-bond acceptors (Lipinski definition) is 3. The summed E-state index contributed by atoms with van der Waals surface area (Å²) in [6.07, 6.45) is 0.185. The molecule has 1 amide bonds. The van der Waals surface area contributed by atoms with Gasteiger partial charge in [-0.2, -0.15) is 0 Å². The summed E-state index contributed by atoms with van der Waals surface area (Å²) >= 11 is 0. The normalized spacial score (nSPS) is 22.8. The maximum Gasteiger partial charge on any atom is 0.254 e. The van der Waals surface area contributed by atoms with Gasteiger partial charge in [-0.05, 0) is 49.2 Å². The number of carbonyl (C=O) groups excluding carboxylic acids is 1. The summed E-state index contributed by atoms with van der Waals surface area (Å²) in [6.45, 7) is 7.22. The van der Waals surface area contributed by atoms with Crippen molar-refractivity contribution in [1.82, 2.24) is 4.90 Å². The second-order valence-electron chi connectivity index (χ2n) is 7.14. The zero-order valence-corrected chi connectivity index (χ0v) is 14.8. The highest BCUT2D eigenvalue weighted by atomic mass is 16.5. The highest BCUT2D eigenvalue weighted by molar-refractivity contribution is 5.94. The molecule has 0 N–H and O–H groups in total. The zero-order chi connectivity index (χ0) is 17.4. The molecule has 1 fully saturated rings. The first-order valence-corrected chi connectivity index (χ1v) is 8.96. The Kier molecular flexibility index (Phi) is 4.22. The van der Waals surface area contributed by atoms with Gasteiger partial charge in [-0.25, -0.2) is 0 Å². The van der Waals surface area contributed by atoms with Crippen LogP contribution in [0.4, 0.5) is 5.69 Å². The van der Waals surface area contributed by atoms with E-state index in [1.807, 2.05) is 30.9 Å². The molecule has 2 atom stereocenters. The predicted octanol–water partition coefficient (Wildman–Crippen LogP) is 3.46. The predicted molar refractivity (Wildman–Crippen MR) is 98.7 cm³/mol. The first-order chi connectivity index (χ1) is 12.1. The Labute approximate surface area is 149 Å². The van der Waals surface area contributed by atoms with E-state index in [4.69, 9.17) is 4.74 Å². The maximum atomic E-state index is 12.8. The van der Waals surface area contributed by atoms with Gasteiger partial charge in [0, 0.05) is 37.4 Å². The van der Waals surface area contributed by atoms with Crippen molar-refractivity contribution in [2.45, 2.75) is 39.1 Å². The lowest BCUT2D eigenvalue weighted by molar-refractivity contribution is -0.0586. The monoisotopic (exact) mass is 336 g/mol. The Bertz CT molecular complexity index is 737. The molecule has 2 unspecified atom stereocenters. The molecule has 2 aliphatic rings. The Morgan fingerprint density at radius 3 is 2.04 bits per heavy atom. The standard InChI is InChI=1S/C21H24N2O2/c1-15-11-23(12-16(2)25-15)21(24)17-7-9-20(10-8-17)22-13-18-5-3-4-6-19(18)14-22/h3-10,15-16H,11-14H2,1-2H3. The summed E-state index contributed by atoms with van der Waals surface area (Å²) in [5.74, 6) is 0.0956. The molecule has 130 valence electrons. The summed E-state index contributed by atoms with van der Waals surface area (Å²) in [7, 11) is 0. The number of morpholine rings is 1. The lowest BCUT2D eigenvalue weighted by Gasteiger charge is -2.35. The van der Waals surface area contributed by atoms with Crippen LogP contribution in [-0.4, -0.2) is 36.1 Å². The molecule has 0 radical (unpaired) electrons. The molecule has 2 aromatic carbocycles. The van der Waals surface area contributed by atoms with Crippen molar-refractivity contribution >= 4 is 11.6 Å². The van der Waals surface area contributed by atoms with E-state index in [1.165, 1.54) is 11.1 Å². The Hall–Kier alpha value is -2.33. The molecule has 0 aliphatic carbocycles. The Balaban J connectivity index is 1.46. The van der Waals surface area contributed by atoms with Crippen LogP contribution in [0.25, 0.3) is 0 Å². The van der Waals surface area contributed by atoms with E-state index in [9.17, 15) is 4.79 Å². The molecule has 2 aromatic rings. The lowest BCUT2D eigenvalue weighted by atomic mass is 10.1. The number of nitrogens with zero attached hydrogens (tertiary/aromatic N) is 2. The van der Waals surface area contributed by atoms with Crippen LogP contribution < -0.4 is 4.90 Å². The number of amides is 1. The van der Waals surface area contributed by atoms with Gasteiger partial charge in [-0.15, -0.1) is 0 Å². The molecule has 1 saturated heterocycles. The Morgan fingerprint density at radius 1 is 0.920 bits per heavy atom. The third-order valence-electron chi connectivity index (χ3n) is 5.03. The number of rotatable bonds is 2. The third kappa shape index (κ3) is 3.27. The van der Waals surface area contributed by atoms with Crippen LogP contribution in [-0.2, 0) is 17.8 Å². The Morgan fingerprint density at radius 2 is 1.48 bits per heavy atom. The fraction of sp³-hybridized carbons (Fsp3) is 0.381.